The van der Waals surface area contributed by atoms with E-state index in [1.807, 2.05) is 6.08 Å². The van der Waals surface area contributed by atoms with E-state index in [2.05, 4.69) is 180 Å². The third-order valence-electron chi connectivity index (χ3n) is 10.9. The lowest BCUT2D eigenvalue weighted by Crippen LogP contribution is -2.03. The van der Waals surface area contributed by atoms with Crippen molar-refractivity contribution in [2.75, 3.05) is 0 Å². The van der Waals surface area contributed by atoms with Crippen LogP contribution in [-0.4, -0.2) is 19.1 Å². The Morgan fingerprint density at radius 2 is 1.28 bits per heavy atom. The molecule has 11 rings (SSSR count). The molecule has 1 aliphatic rings. The fraction of sp³-hybridized carbons (Fsp3) is 0.0204. The summed E-state index contributed by atoms with van der Waals surface area (Å²) in [6, 6.07) is 54.3. The molecule has 0 bridgehead atoms. The number of hydrogen-bond acceptors (Lipinski definition) is 2. The van der Waals surface area contributed by atoms with Crippen molar-refractivity contribution in [3.05, 3.63) is 187 Å². The third-order valence-corrected chi connectivity index (χ3v) is 10.9. The average Bonchev–Trinajstić information content (AvgIpc) is 3.86. The van der Waals surface area contributed by atoms with Crippen LogP contribution in [-0.2, 0) is 6.42 Å². The quantitative estimate of drug-likeness (QED) is 0.170. The van der Waals surface area contributed by atoms with Crippen LogP contribution < -0.4 is 0 Å². The first-order valence-corrected chi connectivity index (χ1v) is 18.1. The third kappa shape index (κ3) is 4.42. The Labute approximate surface area is 306 Å². The highest BCUT2D eigenvalue weighted by Crippen LogP contribution is 2.43. The molecule has 7 aromatic carbocycles. The summed E-state index contributed by atoms with van der Waals surface area (Å²) in [4.78, 5) is 10.6. The molecule has 53 heavy (non-hydrogen) atoms. The number of fused-ring (bicyclic) bond motifs is 11. The van der Waals surface area contributed by atoms with Crippen molar-refractivity contribution in [2.24, 2.45) is 0 Å². The summed E-state index contributed by atoms with van der Waals surface area (Å²) in [6.45, 7) is 3.96. The van der Waals surface area contributed by atoms with Crippen molar-refractivity contribution in [3.8, 4) is 34.0 Å². The minimum Gasteiger partial charge on any atom is -0.312 e. The number of allylic oxidation sites excluding steroid dienone is 2. The fourth-order valence-electron chi connectivity index (χ4n) is 8.54. The zero-order chi connectivity index (χ0) is 35.0. The largest absolute Gasteiger partial charge is 0.312 e. The summed E-state index contributed by atoms with van der Waals surface area (Å²) >= 11 is 0. The number of rotatable bonds is 5. The first-order valence-electron chi connectivity index (χ1n) is 18.1. The van der Waals surface area contributed by atoms with Crippen LogP contribution in [0.15, 0.2) is 170 Å². The van der Waals surface area contributed by atoms with E-state index in [0.717, 1.165) is 39.6 Å². The Bertz CT molecular complexity index is 3140. The number of para-hydroxylation sites is 3. The fourth-order valence-corrected chi connectivity index (χ4v) is 8.54. The number of hydrogen-bond donors (Lipinski definition) is 0. The molecule has 4 heteroatoms. The number of nitrogens with zero attached hydrogens (tertiary/aromatic N) is 4. The Balaban J connectivity index is 1.17. The molecular weight excluding hydrogens is 645 g/mol. The average molecular weight is 677 g/mol. The van der Waals surface area contributed by atoms with E-state index in [4.69, 9.17) is 9.97 Å². The van der Waals surface area contributed by atoms with E-state index >= 15 is 0 Å². The van der Waals surface area contributed by atoms with Gasteiger partial charge in [-0.1, -0.05) is 146 Å². The van der Waals surface area contributed by atoms with Crippen LogP contribution in [0, 0.1) is 0 Å². The molecule has 10 aromatic rings. The van der Waals surface area contributed by atoms with Gasteiger partial charge in [0.2, 0.25) is 5.95 Å². The predicted molar refractivity (Wildman–Crippen MR) is 221 cm³/mol. The number of benzene rings is 7. The highest BCUT2D eigenvalue weighted by atomic mass is 15.2. The normalized spacial score (nSPS) is 12.5. The summed E-state index contributed by atoms with van der Waals surface area (Å²) in [5.41, 5.74) is 13.9. The Kier molecular flexibility index (Phi) is 6.43. The van der Waals surface area contributed by atoms with Gasteiger partial charge in [-0.05, 0) is 52.4 Å². The predicted octanol–water partition coefficient (Wildman–Crippen LogP) is 12.3. The van der Waals surface area contributed by atoms with Crippen molar-refractivity contribution >= 4 is 60.5 Å². The van der Waals surface area contributed by atoms with Gasteiger partial charge in [-0.2, -0.15) is 0 Å². The molecule has 0 aliphatic carbocycles. The first kappa shape index (κ1) is 29.7. The second-order valence-electron chi connectivity index (χ2n) is 13.8. The minimum absolute atomic E-state index is 0.659. The lowest BCUT2D eigenvalue weighted by Gasteiger charge is -2.13. The first-order chi connectivity index (χ1) is 26.2. The molecule has 0 saturated carbocycles. The Morgan fingerprint density at radius 1 is 0.547 bits per heavy atom. The van der Waals surface area contributed by atoms with Crippen molar-refractivity contribution < 1.29 is 0 Å². The summed E-state index contributed by atoms with van der Waals surface area (Å²) in [5.74, 6) is 0.659. The zero-order valence-corrected chi connectivity index (χ0v) is 28.9. The molecule has 0 unspecified atom stereocenters. The molecule has 4 nitrogen and oxygen atoms in total. The standard InChI is InChI=1S/C49H32N4/c1-2-3-16-36-38-27-26-34-28-46-41(30-40(34)48(38)52-43-20-11-7-15-35(43)29-45(36)52)37-17-9-12-21-44(37)53(46)49-50-42-19-10-8-18-39(42)47(51-49)33-24-22-32(23-25-33)31-13-5-4-6-14-31/h2-28,30H,1,29H2/b16-3-. The van der Waals surface area contributed by atoms with Crippen molar-refractivity contribution in [1.29, 1.82) is 0 Å². The second kappa shape index (κ2) is 11.5. The van der Waals surface area contributed by atoms with Crippen LogP contribution in [0.2, 0.25) is 0 Å². The molecule has 248 valence electrons. The van der Waals surface area contributed by atoms with Crippen LogP contribution >= 0.6 is 0 Å². The van der Waals surface area contributed by atoms with Crippen molar-refractivity contribution in [1.82, 2.24) is 19.1 Å². The maximum atomic E-state index is 5.38. The van der Waals surface area contributed by atoms with Gasteiger partial charge in [0, 0.05) is 55.9 Å². The maximum absolute atomic E-state index is 5.38. The lowest BCUT2D eigenvalue weighted by molar-refractivity contribution is 1.01. The van der Waals surface area contributed by atoms with Gasteiger partial charge in [0.15, 0.2) is 0 Å². The molecule has 0 amide bonds. The Hall–Kier alpha value is -7.04. The SMILES string of the molecule is C=C/C=C\c1c2n(c3c1ccc1cc4c(cc13)c1ccccc1n4-c1nc(-c3ccc(-c4ccccc4)cc3)c3ccccc3n1)-c1ccccc1C2. The topological polar surface area (TPSA) is 35.6 Å². The second-order valence-corrected chi connectivity index (χ2v) is 13.8. The minimum atomic E-state index is 0.659. The molecule has 1 aliphatic heterocycles. The van der Waals surface area contributed by atoms with Gasteiger partial charge in [0.1, 0.15) is 0 Å². The highest BCUT2D eigenvalue weighted by molar-refractivity contribution is 6.19. The lowest BCUT2D eigenvalue weighted by atomic mass is 10.00. The summed E-state index contributed by atoms with van der Waals surface area (Å²) in [7, 11) is 0. The van der Waals surface area contributed by atoms with Gasteiger partial charge in [0.05, 0.1) is 27.8 Å². The molecule has 0 spiro atoms. The van der Waals surface area contributed by atoms with Crippen LogP contribution in [0.5, 0.6) is 0 Å². The van der Waals surface area contributed by atoms with Crippen LogP contribution in [0.1, 0.15) is 16.8 Å². The van der Waals surface area contributed by atoms with Crippen LogP contribution in [0.4, 0.5) is 0 Å². The van der Waals surface area contributed by atoms with Gasteiger partial charge < -0.3 is 4.57 Å². The highest BCUT2D eigenvalue weighted by Gasteiger charge is 2.26. The van der Waals surface area contributed by atoms with Gasteiger partial charge in [-0.3, -0.25) is 4.57 Å². The van der Waals surface area contributed by atoms with E-state index in [9.17, 15) is 0 Å². The smallest absolute Gasteiger partial charge is 0.235 e. The maximum Gasteiger partial charge on any atom is 0.235 e. The van der Waals surface area contributed by atoms with Crippen LogP contribution in [0.25, 0.3) is 94.5 Å². The van der Waals surface area contributed by atoms with Gasteiger partial charge in [0.25, 0.3) is 0 Å². The molecule has 0 saturated heterocycles. The summed E-state index contributed by atoms with van der Waals surface area (Å²) in [5, 5.41) is 7.04. The van der Waals surface area contributed by atoms with Crippen LogP contribution in [0.3, 0.4) is 0 Å². The molecule has 4 heterocycles. The van der Waals surface area contributed by atoms with E-state index in [0.29, 0.717) is 5.95 Å². The molecule has 0 radical (unpaired) electrons. The molecule has 3 aromatic heterocycles. The number of aromatic nitrogens is 4. The molecule has 0 N–H and O–H groups in total. The molecule has 0 atom stereocenters. The van der Waals surface area contributed by atoms with E-state index in [1.165, 1.54) is 66.1 Å². The Morgan fingerprint density at radius 3 is 2.15 bits per heavy atom. The zero-order valence-electron chi connectivity index (χ0n) is 28.9. The van der Waals surface area contributed by atoms with E-state index in [-0.39, 0.29) is 0 Å². The van der Waals surface area contributed by atoms with Gasteiger partial charge in [-0.15, -0.1) is 0 Å². The van der Waals surface area contributed by atoms with E-state index in [1.54, 1.807) is 0 Å². The van der Waals surface area contributed by atoms with Gasteiger partial charge >= 0.3 is 0 Å². The summed E-state index contributed by atoms with van der Waals surface area (Å²) in [6.07, 6.45) is 7.03. The monoisotopic (exact) mass is 676 g/mol. The molecular formula is C49H32N4. The van der Waals surface area contributed by atoms with Gasteiger partial charge in [-0.25, -0.2) is 9.97 Å². The summed E-state index contributed by atoms with van der Waals surface area (Å²) < 4.78 is 4.74. The van der Waals surface area contributed by atoms with Crippen molar-refractivity contribution in [2.45, 2.75) is 6.42 Å². The van der Waals surface area contributed by atoms with E-state index < -0.39 is 0 Å². The van der Waals surface area contributed by atoms with Crippen molar-refractivity contribution in [3.63, 3.8) is 0 Å². The molecule has 0 fully saturated rings.